The van der Waals surface area contributed by atoms with Gasteiger partial charge < -0.3 is 10.6 Å². The molecule has 3 nitrogen and oxygen atoms in total. The second-order valence-electron chi connectivity index (χ2n) is 3.77. The summed E-state index contributed by atoms with van der Waals surface area (Å²) in [5.41, 5.74) is 0.519. The Kier molecular flexibility index (Phi) is 5.18. The van der Waals surface area contributed by atoms with Gasteiger partial charge in [-0.3, -0.25) is 4.79 Å². The lowest BCUT2D eigenvalue weighted by molar-refractivity contribution is -0.117. The predicted molar refractivity (Wildman–Crippen MR) is 68.3 cm³/mol. The fraction of sp³-hybridized carbons (Fsp3) is 0.364. The first-order valence-electron chi connectivity index (χ1n) is 5.16. The Bertz CT molecular complexity index is 408. The van der Waals surface area contributed by atoms with Crippen LogP contribution in [-0.4, -0.2) is 18.5 Å². The molecule has 0 aliphatic carbocycles. The number of nitrogens with one attached hydrogen (secondary N) is 2. The molecule has 1 aromatic carbocycles. The van der Waals surface area contributed by atoms with Crippen LogP contribution in [0.4, 0.5) is 10.1 Å². The summed E-state index contributed by atoms with van der Waals surface area (Å²) in [6.45, 7) is 0.863. The molecule has 0 bridgehead atoms. The fourth-order valence-corrected chi connectivity index (χ4v) is 1.89. The molecule has 94 valence electrons. The van der Waals surface area contributed by atoms with Crippen LogP contribution < -0.4 is 10.6 Å². The molecule has 1 saturated heterocycles. The summed E-state index contributed by atoms with van der Waals surface area (Å²) in [5.74, 6) is -0.584. The molecule has 0 aromatic heterocycles. The van der Waals surface area contributed by atoms with Gasteiger partial charge in [0.2, 0.25) is 5.91 Å². The van der Waals surface area contributed by atoms with Crippen molar-refractivity contribution in [3.63, 3.8) is 0 Å². The first-order chi connectivity index (χ1) is 7.66. The van der Waals surface area contributed by atoms with Gasteiger partial charge in [-0.25, -0.2) is 4.39 Å². The molecular weight excluding hydrogens is 266 g/mol. The Hall–Kier alpha value is -0.840. The van der Waals surface area contributed by atoms with Crippen molar-refractivity contribution in [1.29, 1.82) is 0 Å². The number of hydrogen-bond acceptors (Lipinski definition) is 2. The molecule has 1 amide bonds. The largest absolute Gasteiger partial charge is 0.325 e. The van der Waals surface area contributed by atoms with Gasteiger partial charge in [-0.15, -0.1) is 12.4 Å². The van der Waals surface area contributed by atoms with Crippen LogP contribution in [0.15, 0.2) is 18.2 Å². The van der Waals surface area contributed by atoms with Gasteiger partial charge in [-0.1, -0.05) is 11.6 Å². The van der Waals surface area contributed by atoms with Gasteiger partial charge in [0, 0.05) is 5.69 Å². The summed E-state index contributed by atoms with van der Waals surface area (Å²) >= 11 is 5.62. The molecule has 6 heteroatoms. The molecule has 0 radical (unpaired) electrons. The van der Waals surface area contributed by atoms with Crippen LogP contribution >= 0.6 is 24.0 Å². The lowest BCUT2D eigenvalue weighted by Crippen LogP contribution is -2.35. The zero-order chi connectivity index (χ0) is 11.5. The molecule has 1 fully saturated rings. The molecule has 1 aromatic rings. The van der Waals surface area contributed by atoms with E-state index in [0.717, 1.165) is 19.4 Å². The van der Waals surface area contributed by atoms with Gasteiger partial charge in [-0.05, 0) is 37.6 Å². The average Bonchev–Trinajstić information content (AvgIpc) is 2.77. The average molecular weight is 279 g/mol. The third-order valence-corrected chi connectivity index (χ3v) is 2.85. The summed E-state index contributed by atoms with van der Waals surface area (Å²) in [6, 6.07) is 3.99. The second kappa shape index (κ2) is 6.19. The molecule has 17 heavy (non-hydrogen) atoms. The molecule has 1 aliphatic rings. The van der Waals surface area contributed by atoms with Crippen LogP contribution in [0, 0.1) is 5.82 Å². The Balaban J connectivity index is 0.00000144. The second-order valence-corrected chi connectivity index (χ2v) is 4.17. The van der Waals surface area contributed by atoms with E-state index in [4.69, 9.17) is 11.6 Å². The van der Waals surface area contributed by atoms with E-state index in [1.165, 1.54) is 18.2 Å². The Morgan fingerprint density at radius 3 is 2.88 bits per heavy atom. The van der Waals surface area contributed by atoms with Gasteiger partial charge in [0.15, 0.2) is 0 Å². The van der Waals surface area contributed by atoms with E-state index >= 15 is 0 Å². The molecule has 0 saturated carbocycles. The number of anilines is 1. The predicted octanol–water partition coefficient (Wildman–Crippen LogP) is 2.59. The van der Waals surface area contributed by atoms with Crippen molar-refractivity contribution in [1.82, 2.24) is 5.32 Å². The van der Waals surface area contributed by atoms with Crippen LogP contribution in [-0.2, 0) is 4.79 Å². The van der Waals surface area contributed by atoms with Crippen molar-refractivity contribution in [2.75, 3.05) is 11.9 Å². The van der Waals surface area contributed by atoms with Crippen LogP contribution in [0.25, 0.3) is 0 Å². The van der Waals surface area contributed by atoms with Gasteiger partial charge >= 0.3 is 0 Å². The summed E-state index contributed by atoms with van der Waals surface area (Å²) < 4.78 is 12.9. The number of amides is 1. The molecule has 1 unspecified atom stereocenters. The SMILES string of the molecule is Cl.O=C(Nc1ccc(F)c(Cl)c1)C1CCCN1. The number of rotatable bonds is 2. The van der Waals surface area contributed by atoms with Crippen LogP contribution in [0.5, 0.6) is 0 Å². The van der Waals surface area contributed by atoms with E-state index in [1.807, 2.05) is 0 Å². The fourth-order valence-electron chi connectivity index (χ4n) is 1.71. The molecule has 2 rings (SSSR count). The summed E-state index contributed by atoms with van der Waals surface area (Å²) in [6.07, 6.45) is 1.84. The highest BCUT2D eigenvalue weighted by Gasteiger charge is 2.21. The normalized spacial score (nSPS) is 18.6. The number of carbonyl (C=O) groups is 1. The topological polar surface area (TPSA) is 41.1 Å². The maximum atomic E-state index is 12.9. The van der Waals surface area contributed by atoms with E-state index in [9.17, 15) is 9.18 Å². The molecular formula is C11H13Cl2FN2O. The quantitative estimate of drug-likeness (QED) is 0.873. The van der Waals surface area contributed by atoms with Crippen molar-refractivity contribution < 1.29 is 9.18 Å². The zero-order valence-electron chi connectivity index (χ0n) is 9.00. The van der Waals surface area contributed by atoms with Crippen molar-refractivity contribution in [3.8, 4) is 0 Å². The molecule has 1 heterocycles. The van der Waals surface area contributed by atoms with Gasteiger partial charge in [0.25, 0.3) is 0 Å². The maximum Gasteiger partial charge on any atom is 0.241 e. The third-order valence-electron chi connectivity index (χ3n) is 2.56. The highest BCUT2D eigenvalue weighted by molar-refractivity contribution is 6.31. The smallest absolute Gasteiger partial charge is 0.241 e. The van der Waals surface area contributed by atoms with Gasteiger partial charge in [0.05, 0.1) is 11.1 Å². The van der Waals surface area contributed by atoms with Crippen molar-refractivity contribution >= 4 is 35.6 Å². The Labute approximate surface area is 110 Å². The number of halogens is 3. The highest BCUT2D eigenvalue weighted by Crippen LogP contribution is 2.19. The van der Waals surface area contributed by atoms with Crippen LogP contribution in [0.2, 0.25) is 5.02 Å². The van der Waals surface area contributed by atoms with Crippen molar-refractivity contribution in [2.45, 2.75) is 18.9 Å². The van der Waals surface area contributed by atoms with Crippen LogP contribution in [0.1, 0.15) is 12.8 Å². The molecule has 2 N–H and O–H groups in total. The monoisotopic (exact) mass is 278 g/mol. The standard InChI is InChI=1S/C11H12ClFN2O.ClH/c12-8-6-7(3-4-9(8)13)15-11(16)10-2-1-5-14-10;/h3-4,6,10,14H,1-2,5H2,(H,15,16);1H. The summed E-state index contributed by atoms with van der Waals surface area (Å²) in [5, 5.41) is 5.79. The lowest BCUT2D eigenvalue weighted by atomic mass is 10.2. The molecule has 1 aliphatic heterocycles. The maximum absolute atomic E-state index is 12.9. The molecule has 1 atom stereocenters. The number of benzene rings is 1. The minimum absolute atomic E-state index is 0. The van der Waals surface area contributed by atoms with Crippen LogP contribution in [0.3, 0.4) is 0 Å². The zero-order valence-corrected chi connectivity index (χ0v) is 10.6. The number of carbonyl (C=O) groups excluding carboxylic acids is 1. The Morgan fingerprint density at radius 1 is 1.53 bits per heavy atom. The molecule has 0 spiro atoms. The summed E-state index contributed by atoms with van der Waals surface area (Å²) in [7, 11) is 0. The van der Waals surface area contributed by atoms with E-state index in [-0.39, 0.29) is 29.4 Å². The first-order valence-corrected chi connectivity index (χ1v) is 5.54. The highest BCUT2D eigenvalue weighted by atomic mass is 35.5. The lowest BCUT2D eigenvalue weighted by Gasteiger charge is -2.11. The van der Waals surface area contributed by atoms with Crippen molar-refractivity contribution in [3.05, 3.63) is 29.0 Å². The van der Waals surface area contributed by atoms with E-state index < -0.39 is 5.82 Å². The van der Waals surface area contributed by atoms with Gasteiger partial charge in [-0.2, -0.15) is 0 Å². The van der Waals surface area contributed by atoms with E-state index in [1.54, 1.807) is 0 Å². The minimum atomic E-state index is -0.487. The minimum Gasteiger partial charge on any atom is -0.325 e. The number of hydrogen-bond donors (Lipinski definition) is 2. The first kappa shape index (κ1) is 14.2. The Morgan fingerprint density at radius 2 is 2.29 bits per heavy atom. The van der Waals surface area contributed by atoms with E-state index in [2.05, 4.69) is 10.6 Å². The third kappa shape index (κ3) is 3.56. The van der Waals surface area contributed by atoms with Crippen molar-refractivity contribution in [2.24, 2.45) is 0 Å². The summed E-state index contributed by atoms with van der Waals surface area (Å²) in [4.78, 5) is 11.7. The van der Waals surface area contributed by atoms with Gasteiger partial charge in [0.1, 0.15) is 5.82 Å². The van der Waals surface area contributed by atoms with E-state index in [0.29, 0.717) is 5.69 Å².